The monoisotopic (exact) mass is 310 g/mol. The third-order valence-corrected chi connectivity index (χ3v) is 4.08. The van der Waals surface area contributed by atoms with Crippen LogP contribution in [0.4, 0.5) is 0 Å². The lowest BCUT2D eigenvalue weighted by Gasteiger charge is -2.02. The van der Waals surface area contributed by atoms with E-state index < -0.39 is 9.84 Å². The number of rotatable bonds is 4. The molecule has 104 valence electrons. The minimum atomic E-state index is -3.66. The van der Waals surface area contributed by atoms with Gasteiger partial charge < -0.3 is 4.74 Å². The largest absolute Gasteiger partial charge is 0.497 e. The number of pyridine rings is 2. The van der Waals surface area contributed by atoms with Gasteiger partial charge >= 0.3 is 0 Å². The standard InChI is InChI=1S/C13H11ClN2O3S/c1-19-11-3-6-16-13(8-11)20(17,18)7-4-10-2-5-15-9-12(10)14/h2-9H,1H3/b7-4+. The van der Waals surface area contributed by atoms with Crippen molar-refractivity contribution in [2.24, 2.45) is 0 Å². The summed E-state index contributed by atoms with van der Waals surface area (Å²) in [7, 11) is -2.20. The first-order valence-corrected chi connectivity index (χ1v) is 7.48. The van der Waals surface area contributed by atoms with Gasteiger partial charge in [0.15, 0.2) is 5.03 Å². The van der Waals surface area contributed by atoms with E-state index in [1.165, 1.54) is 37.8 Å². The normalized spacial score (nSPS) is 11.7. The zero-order valence-electron chi connectivity index (χ0n) is 10.5. The van der Waals surface area contributed by atoms with Crippen LogP contribution in [0.3, 0.4) is 0 Å². The lowest BCUT2D eigenvalue weighted by molar-refractivity contribution is 0.412. The molecule has 0 unspecified atom stereocenters. The first-order valence-electron chi connectivity index (χ1n) is 5.55. The van der Waals surface area contributed by atoms with Crippen LogP contribution >= 0.6 is 11.6 Å². The zero-order chi connectivity index (χ0) is 14.6. The highest BCUT2D eigenvalue weighted by molar-refractivity contribution is 7.94. The van der Waals surface area contributed by atoms with Gasteiger partial charge in [-0.25, -0.2) is 13.4 Å². The van der Waals surface area contributed by atoms with Crippen molar-refractivity contribution in [1.82, 2.24) is 9.97 Å². The third kappa shape index (κ3) is 3.34. The molecule has 0 amide bonds. The summed E-state index contributed by atoms with van der Waals surface area (Å²) in [6, 6.07) is 4.55. The summed E-state index contributed by atoms with van der Waals surface area (Å²) in [5.41, 5.74) is 0.563. The Hall–Kier alpha value is -1.92. The number of halogens is 1. The molecule has 0 saturated carbocycles. The van der Waals surface area contributed by atoms with Crippen LogP contribution in [0.25, 0.3) is 6.08 Å². The van der Waals surface area contributed by atoms with Crippen molar-refractivity contribution >= 4 is 27.5 Å². The number of hydrogen-bond donors (Lipinski definition) is 0. The van der Waals surface area contributed by atoms with Gasteiger partial charge in [0.05, 0.1) is 12.1 Å². The molecule has 0 bridgehead atoms. The summed E-state index contributed by atoms with van der Waals surface area (Å²) < 4.78 is 29.2. The number of hydrogen-bond acceptors (Lipinski definition) is 5. The fraction of sp³-hybridized carbons (Fsp3) is 0.0769. The van der Waals surface area contributed by atoms with Gasteiger partial charge in [-0.15, -0.1) is 0 Å². The first-order chi connectivity index (χ1) is 9.53. The molecular weight excluding hydrogens is 300 g/mol. The lowest BCUT2D eigenvalue weighted by atomic mass is 10.3. The number of nitrogens with zero attached hydrogens (tertiary/aromatic N) is 2. The molecule has 2 aromatic heterocycles. The topological polar surface area (TPSA) is 69.2 Å². The van der Waals surface area contributed by atoms with Gasteiger partial charge in [-0.05, 0) is 23.8 Å². The predicted octanol–water partition coefficient (Wildman–Crippen LogP) is 2.58. The van der Waals surface area contributed by atoms with Crippen molar-refractivity contribution in [1.29, 1.82) is 0 Å². The van der Waals surface area contributed by atoms with E-state index in [2.05, 4.69) is 9.97 Å². The molecule has 0 aromatic carbocycles. The highest BCUT2D eigenvalue weighted by Gasteiger charge is 2.13. The van der Waals surface area contributed by atoms with Gasteiger partial charge in [0.2, 0.25) is 9.84 Å². The summed E-state index contributed by atoms with van der Waals surface area (Å²) in [6.45, 7) is 0. The van der Waals surface area contributed by atoms with Gasteiger partial charge in [-0.2, -0.15) is 0 Å². The van der Waals surface area contributed by atoms with E-state index in [4.69, 9.17) is 16.3 Å². The summed E-state index contributed by atoms with van der Waals surface area (Å²) in [6.07, 6.45) is 5.75. The van der Waals surface area contributed by atoms with Crippen molar-refractivity contribution in [2.75, 3.05) is 7.11 Å². The molecule has 0 radical (unpaired) electrons. The number of aromatic nitrogens is 2. The van der Waals surface area contributed by atoms with Gasteiger partial charge in [0.1, 0.15) is 5.75 Å². The smallest absolute Gasteiger partial charge is 0.217 e. The molecule has 5 nitrogen and oxygen atoms in total. The van der Waals surface area contributed by atoms with Crippen molar-refractivity contribution in [2.45, 2.75) is 5.03 Å². The Bertz CT molecular complexity index is 745. The molecule has 20 heavy (non-hydrogen) atoms. The fourth-order valence-electron chi connectivity index (χ4n) is 1.43. The molecule has 0 aliphatic carbocycles. The second kappa shape index (κ2) is 6.02. The average molecular weight is 311 g/mol. The molecule has 0 N–H and O–H groups in total. The van der Waals surface area contributed by atoms with Crippen LogP contribution in [0.2, 0.25) is 5.02 Å². The molecule has 0 fully saturated rings. The lowest BCUT2D eigenvalue weighted by Crippen LogP contribution is -2.00. The maximum atomic E-state index is 12.1. The Kier molecular flexibility index (Phi) is 4.36. The van der Waals surface area contributed by atoms with Gasteiger partial charge in [-0.3, -0.25) is 4.98 Å². The van der Waals surface area contributed by atoms with Crippen LogP contribution in [0, 0.1) is 0 Å². The van der Waals surface area contributed by atoms with Crippen LogP contribution < -0.4 is 4.74 Å². The second-order valence-electron chi connectivity index (χ2n) is 3.78. The van der Waals surface area contributed by atoms with Gasteiger partial charge in [0.25, 0.3) is 0 Å². The molecule has 2 aromatic rings. The van der Waals surface area contributed by atoms with E-state index in [1.807, 2.05) is 0 Å². The van der Waals surface area contributed by atoms with E-state index in [-0.39, 0.29) is 5.03 Å². The highest BCUT2D eigenvalue weighted by atomic mass is 35.5. The van der Waals surface area contributed by atoms with Gasteiger partial charge in [0, 0.05) is 30.1 Å². The first kappa shape index (κ1) is 14.5. The number of sulfone groups is 1. The third-order valence-electron chi connectivity index (χ3n) is 2.46. The van der Waals surface area contributed by atoms with Crippen LogP contribution in [0.1, 0.15) is 5.56 Å². The molecule has 7 heteroatoms. The minimum Gasteiger partial charge on any atom is -0.497 e. The van der Waals surface area contributed by atoms with Gasteiger partial charge in [-0.1, -0.05) is 11.6 Å². The molecule has 2 rings (SSSR count). The number of methoxy groups -OCH3 is 1. The molecule has 0 saturated heterocycles. The van der Waals surface area contributed by atoms with E-state index in [9.17, 15) is 8.42 Å². The zero-order valence-corrected chi connectivity index (χ0v) is 12.1. The molecule has 2 heterocycles. The Morgan fingerprint density at radius 1 is 1.30 bits per heavy atom. The van der Waals surface area contributed by atoms with Crippen LogP contribution in [0.5, 0.6) is 5.75 Å². The molecule has 0 atom stereocenters. The molecule has 0 aliphatic heterocycles. The Balaban J connectivity index is 2.34. The Labute approximate surface area is 121 Å². The summed E-state index contributed by atoms with van der Waals surface area (Å²) >= 11 is 5.90. The SMILES string of the molecule is COc1ccnc(S(=O)(=O)/C=C/c2ccncc2Cl)c1. The van der Waals surface area contributed by atoms with Crippen LogP contribution in [-0.2, 0) is 9.84 Å². The van der Waals surface area contributed by atoms with E-state index in [0.29, 0.717) is 16.3 Å². The highest BCUT2D eigenvalue weighted by Crippen LogP contribution is 2.19. The predicted molar refractivity (Wildman–Crippen MR) is 76.3 cm³/mol. The minimum absolute atomic E-state index is 0.0849. The molecule has 0 aliphatic rings. The van der Waals surface area contributed by atoms with Crippen LogP contribution in [0.15, 0.2) is 47.2 Å². The summed E-state index contributed by atoms with van der Waals surface area (Å²) in [4.78, 5) is 7.66. The van der Waals surface area contributed by atoms with E-state index in [0.717, 1.165) is 5.41 Å². The summed E-state index contributed by atoms with van der Waals surface area (Å²) in [5.74, 6) is 0.425. The Morgan fingerprint density at radius 3 is 2.80 bits per heavy atom. The maximum absolute atomic E-state index is 12.1. The van der Waals surface area contributed by atoms with E-state index in [1.54, 1.807) is 12.1 Å². The van der Waals surface area contributed by atoms with Crippen LogP contribution in [-0.4, -0.2) is 25.5 Å². The quantitative estimate of drug-likeness (QED) is 0.868. The Morgan fingerprint density at radius 2 is 2.10 bits per heavy atom. The molecule has 0 spiro atoms. The second-order valence-corrected chi connectivity index (χ2v) is 5.97. The number of ether oxygens (including phenoxy) is 1. The molecular formula is C13H11ClN2O3S. The fourth-order valence-corrected chi connectivity index (χ4v) is 2.56. The maximum Gasteiger partial charge on any atom is 0.217 e. The van der Waals surface area contributed by atoms with Crippen molar-refractivity contribution < 1.29 is 13.2 Å². The van der Waals surface area contributed by atoms with E-state index >= 15 is 0 Å². The summed E-state index contributed by atoms with van der Waals surface area (Å²) in [5, 5.41) is 1.34. The average Bonchev–Trinajstić information content (AvgIpc) is 2.46. The van der Waals surface area contributed by atoms with Crippen molar-refractivity contribution in [3.8, 4) is 5.75 Å². The van der Waals surface area contributed by atoms with Crippen molar-refractivity contribution in [3.63, 3.8) is 0 Å². The van der Waals surface area contributed by atoms with Crippen molar-refractivity contribution in [3.05, 3.63) is 52.8 Å².